The van der Waals surface area contributed by atoms with Gasteiger partial charge >= 0.3 is 11.8 Å². The summed E-state index contributed by atoms with van der Waals surface area (Å²) in [6.07, 6.45) is 6.64. The number of nitrogens with one attached hydrogen (secondary N) is 3. The van der Waals surface area contributed by atoms with Gasteiger partial charge in [-0.3, -0.25) is 9.59 Å². The van der Waals surface area contributed by atoms with E-state index >= 15 is 0 Å². The molecule has 1 atom stereocenters. The van der Waals surface area contributed by atoms with E-state index in [1.165, 1.54) is 17.7 Å². The lowest BCUT2D eigenvalue weighted by molar-refractivity contribution is -0.890. The minimum atomic E-state index is -0.532. The van der Waals surface area contributed by atoms with Crippen LogP contribution in [0.2, 0.25) is 0 Å². The monoisotopic (exact) mass is 375 g/mol. The summed E-state index contributed by atoms with van der Waals surface area (Å²) in [5.41, 5.74) is 2.28. The number of hydrogen-bond donors (Lipinski definition) is 3. The van der Waals surface area contributed by atoms with Gasteiger partial charge in [-0.25, -0.2) is 0 Å². The molecule has 1 fully saturated rings. The van der Waals surface area contributed by atoms with Gasteiger partial charge in [-0.05, 0) is 25.0 Å². The third-order valence-electron chi connectivity index (χ3n) is 5.37. The van der Waals surface area contributed by atoms with Gasteiger partial charge in [-0.1, -0.05) is 37.8 Å². The lowest BCUT2D eigenvalue weighted by Crippen LogP contribution is -3.07. The highest BCUT2D eigenvalue weighted by Crippen LogP contribution is 2.17. The molecule has 0 aliphatic heterocycles. The standard InChI is InChI=1S/C21H34N4O2/c1-24(2)18-13-11-16(12-14-18)19(25(3)4)15-22-20(26)21(27)23-17-9-7-5-6-8-10-17/h11-14,17,19H,5-10,15H2,1-4H3,(H,22,26)(H,23,27)/p+1/t19-/m1/s1. The Kier molecular flexibility index (Phi) is 8.10. The van der Waals surface area contributed by atoms with E-state index in [1.54, 1.807) is 0 Å². The Morgan fingerprint density at radius 2 is 1.63 bits per heavy atom. The first-order chi connectivity index (χ1) is 12.9. The first-order valence-electron chi connectivity index (χ1n) is 10.0. The average Bonchev–Trinajstić information content (AvgIpc) is 2.90. The topological polar surface area (TPSA) is 65.9 Å². The number of quaternary nitrogens is 1. The summed E-state index contributed by atoms with van der Waals surface area (Å²) in [6, 6.07) is 8.56. The summed E-state index contributed by atoms with van der Waals surface area (Å²) < 4.78 is 0. The van der Waals surface area contributed by atoms with Crippen LogP contribution in [0.5, 0.6) is 0 Å². The second-order valence-electron chi connectivity index (χ2n) is 7.99. The molecule has 6 nitrogen and oxygen atoms in total. The number of nitrogens with zero attached hydrogens (tertiary/aromatic N) is 1. The molecule has 3 N–H and O–H groups in total. The van der Waals surface area contributed by atoms with Crippen molar-refractivity contribution in [3.05, 3.63) is 29.8 Å². The lowest BCUT2D eigenvalue weighted by atomic mass is 10.1. The number of carbonyl (C=O) groups excluding carboxylic acids is 2. The molecule has 0 heterocycles. The summed E-state index contributed by atoms with van der Waals surface area (Å²) in [4.78, 5) is 27.8. The highest BCUT2D eigenvalue weighted by atomic mass is 16.2. The summed E-state index contributed by atoms with van der Waals surface area (Å²) in [6.45, 7) is 0.431. The van der Waals surface area contributed by atoms with Crippen molar-refractivity contribution in [3.63, 3.8) is 0 Å². The molecule has 1 saturated carbocycles. The molecule has 0 unspecified atom stereocenters. The molecule has 0 bridgehead atoms. The number of anilines is 1. The van der Waals surface area contributed by atoms with Crippen molar-refractivity contribution in [1.29, 1.82) is 0 Å². The van der Waals surface area contributed by atoms with Gasteiger partial charge in [0.25, 0.3) is 0 Å². The summed E-state index contributed by atoms with van der Waals surface area (Å²) in [5, 5.41) is 5.73. The Hall–Kier alpha value is -2.08. The van der Waals surface area contributed by atoms with Gasteiger partial charge in [0.05, 0.1) is 20.6 Å². The molecule has 0 aromatic heterocycles. The van der Waals surface area contributed by atoms with Crippen LogP contribution in [-0.2, 0) is 9.59 Å². The number of rotatable bonds is 6. The molecular formula is C21H35N4O2+. The summed E-state index contributed by atoms with van der Waals surface area (Å²) >= 11 is 0. The Balaban J connectivity index is 1.90. The minimum Gasteiger partial charge on any atom is -0.378 e. The number of hydrogen-bond acceptors (Lipinski definition) is 3. The van der Waals surface area contributed by atoms with Gasteiger partial charge in [-0.2, -0.15) is 0 Å². The van der Waals surface area contributed by atoms with E-state index in [4.69, 9.17) is 0 Å². The van der Waals surface area contributed by atoms with Crippen molar-refractivity contribution in [2.24, 2.45) is 0 Å². The predicted molar refractivity (Wildman–Crippen MR) is 109 cm³/mol. The molecule has 150 valence electrons. The Labute approximate surface area is 163 Å². The lowest BCUT2D eigenvalue weighted by Gasteiger charge is -2.23. The maximum atomic E-state index is 12.3. The minimum absolute atomic E-state index is 0.0934. The average molecular weight is 376 g/mol. The highest BCUT2D eigenvalue weighted by Gasteiger charge is 2.23. The van der Waals surface area contributed by atoms with Crippen LogP contribution in [0.4, 0.5) is 5.69 Å². The van der Waals surface area contributed by atoms with E-state index in [1.807, 2.05) is 14.1 Å². The Morgan fingerprint density at radius 3 is 2.15 bits per heavy atom. The van der Waals surface area contributed by atoms with E-state index in [2.05, 4.69) is 53.9 Å². The van der Waals surface area contributed by atoms with Crippen molar-refractivity contribution in [1.82, 2.24) is 10.6 Å². The van der Waals surface area contributed by atoms with Gasteiger partial charge in [0.2, 0.25) is 0 Å². The van der Waals surface area contributed by atoms with E-state index in [0.717, 1.165) is 36.9 Å². The van der Waals surface area contributed by atoms with Gasteiger partial charge in [0, 0.05) is 31.4 Å². The van der Waals surface area contributed by atoms with Crippen LogP contribution >= 0.6 is 0 Å². The van der Waals surface area contributed by atoms with Gasteiger partial charge in [0.15, 0.2) is 0 Å². The molecule has 1 aliphatic rings. The number of amides is 2. The zero-order chi connectivity index (χ0) is 19.8. The van der Waals surface area contributed by atoms with Crippen molar-refractivity contribution in [3.8, 4) is 0 Å². The predicted octanol–water partition coefficient (Wildman–Crippen LogP) is 0.893. The number of likely N-dealkylation sites (N-methyl/N-ethyl adjacent to an activating group) is 1. The van der Waals surface area contributed by atoms with Crippen LogP contribution in [0.15, 0.2) is 24.3 Å². The van der Waals surface area contributed by atoms with Crippen molar-refractivity contribution >= 4 is 17.5 Å². The van der Waals surface area contributed by atoms with Crippen LogP contribution < -0.4 is 20.4 Å². The first kappa shape index (κ1) is 21.2. The van der Waals surface area contributed by atoms with Crippen LogP contribution in [0.3, 0.4) is 0 Å². The zero-order valence-corrected chi connectivity index (χ0v) is 17.2. The molecule has 1 aromatic carbocycles. The van der Waals surface area contributed by atoms with Crippen LogP contribution in [0.1, 0.15) is 50.1 Å². The fourth-order valence-corrected chi connectivity index (χ4v) is 3.61. The zero-order valence-electron chi connectivity index (χ0n) is 17.2. The molecule has 0 saturated heterocycles. The third-order valence-corrected chi connectivity index (χ3v) is 5.37. The SMILES string of the molecule is CN(C)c1ccc([C@@H](CNC(=O)C(=O)NC2CCCCCC2)[NH+](C)C)cc1. The maximum Gasteiger partial charge on any atom is 0.309 e. The molecule has 6 heteroatoms. The number of benzene rings is 1. The van der Waals surface area contributed by atoms with Gasteiger partial charge in [0.1, 0.15) is 6.04 Å². The normalized spacial score (nSPS) is 16.5. The van der Waals surface area contributed by atoms with Crippen LogP contribution in [0, 0.1) is 0 Å². The van der Waals surface area contributed by atoms with Crippen molar-refractivity contribution < 1.29 is 14.5 Å². The quantitative estimate of drug-likeness (QED) is 0.511. The number of carbonyl (C=O) groups is 2. The highest BCUT2D eigenvalue weighted by molar-refractivity contribution is 6.35. The second-order valence-corrected chi connectivity index (χ2v) is 7.99. The summed E-state index contributed by atoms with van der Waals surface area (Å²) in [5.74, 6) is -1.03. The molecule has 2 amide bonds. The van der Waals surface area contributed by atoms with E-state index < -0.39 is 11.8 Å². The Bertz CT molecular complexity index is 605. The fraction of sp³-hybridized carbons (Fsp3) is 0.619. The molecule has 1 aromatic rings. The maximum absolute atomic E-state index is 12.3. The van der Waals surface area contributed by atoms with Crippen LogP contribution in [0.25, 0.3) is 0 Å². The van der Waals surface area contributed by atoms with Gasteiger partial charge in [-0.15, -0.1) is 0 Å². The molecule has 2 rings (SSSR count). The largest absolute Gasteiger partial charge is 0.378 e. The third kappa shape index (κ3) is 6.54. The first-order valence-corrected chi connectivity index (χ1v) is 10.0. The molecule has 27 heavy (non-hydrogen) atoms. The molecule has 1 aliphatic carbocycles. The van der Waals surface area contributed by atoms with E-state index in [-0.39, 0.29) is 12.1 Å². The van der Waals surface area contributed by atoms with E-state index in [9.17, 15) is 9.59 Å². The van der Waals surface area contributed by atoms with Crippen molar-refractivity contribution in [2.75, 3.05) is 39.6 Å². The molecular weight excluding hydrogens is 340 g/mol. The summed E-state index contributed by atoms with van der Waals surface area (Å²) in [7, 11) is 8.14. The molecule has 0 radical (unpaired) electrons. The molecule has 0 spiro atoms. The second kappa shape index (κ2) is 10.3. The van der Waals surface area contributed by atoms with Gasteiger partial charge < -0.3 is 20.4 Å². The van der Waals surface area contributed by atoms with Crippen LogP contribution in [-0.4, -0.2) is 52.6 Å². The Morgan fingerprint density at radius 1 is 1.04 bits per heavy atom. The smallest absolute Gasteiger partial charge is 0.309 e. The fourth-order valence-electron chi connectivity index (χ4n) is 3.61. The van der Waals surface area contributed by atoms with Crippen molar-refractivity contribution in [2.45, 2.75) is 50.6 Å². The van der Waals surface area contributed by atoms with E-state index in [0.29, 0.717) is 6.54 Å².